The minimum absolute atomic E-state index is 0.385. The summed E-state index contributed by atoms with van der Waals surface area (Å²) in [5.41, 5.74) is 7.67. The first-order chi connectivity index (χ1) is 9.24. The molecule has 0 aliphatic heterocycles. The maximum atomic E-state index is 5.91. The highest BCUT2D eigenvalue weighted by atomic mass is 35.5. The number of oxazole rings is 1. The maximum absolute atomic E-state index is 5.91. The van der Waals surface area contributed by atoms with Crippen LogP contribution >= 0.6 is 11.6 Å². The molecule has 0 saturated heterocycles. The van der Waals surface area contributed by atoms with Crippen LogP contribution in [0.25, 0.3) is 22.8 Å². The molecule has 2 N–H and O–H groups in total. The molecule has 1 aromatic heterocycles. The fourth-order valence-electron chi connectivity index (χ4n) is 1.84. The Labute approximate surface area is 115 Å². The van der Waals surface area contributed by atoms with Gasteiger partial charge in [0, 0.05) is 16.1 Å². The lowest BCUT2D eigenvalue weighted by Gasteiger charge is -1.97. The Hall–Kier alpha value is -2.26. The summed E-state index contributed by atoms with van der Waals surface area (Å²) in [6.45, 7) is 0. The van der Waals surface area contributed by atoms with Crippen molar-refractivity contribution in [2.45, 2.75) is 0 Å². The summed E-state index contributed by atoms with van der Waals surface area (Å²) in [6.07, 6.45) is 0. The van der Waals surface area contributed by atoms with Gasteiger partial charge in [-0.3, -0.25) is 0 Å². The molecule has 2 aromatic carbocycles. The zero-order valence-electron chi connectivity index (χ0n) is 10.0. The number of hydrogen-bond donors (Lipinski definition) is 1. The van der Waals surface area contributed by atoms with Crippen LogP contribution in [0.5, 0.6) is 0 Å². The van der Waals surface area contributed by atoms with E-state index >= 15 is 0 Å². The van der Waals surface area contributed by atoms with Crippen LogP contribution in [-0.4, -0.2) is 4.98 Å². The van der Waals surface area contributed by atoms with Crippen molar-refractivity contribution in [3.8, 4) is 22.8 Å². The van der Waals surface area contributed by atoms with Gasteiger partial charge in [-0.1, -0.05) is 41.9 Å². The fraction of sp³-hybridized carbons (Fsp3) is 0. The van der Waals surface area contributed by atoms with Crippen LogP contribution < -0.4 is 5.73 Å². The summed E-state index contributed by atoms with van der Waals surface area (Å²) in [7, 11) is 0. The first-order valence-corrected chi connectivity index (χ1v) is 6.19. The van der Waals surface area contributed by atoms with Crippen LogP contribution in [0.1, 0.15) is 0 Å². The van der Waals surface area contributed by atoms with Gasteiger partial charge in [-0.2, -0.15) is 4.98 Å². The summed E-state index contributed by atoms with van der Waals surface area (Å²) in [5, 5.41) is 0.673. The van der Waals surface area contributed by atoms with E-state index in [-0.39, 0.29) is 0 Å². The molecule has 0 saturated carbocycles. The molecule has 0 radical (unpaired) electrons. The van der Waals surface area contributed by atoms with E-state index in [4.69, 9.17) is 21.8 Å². The summed E-state index contributed by atoms with van der Waals surface area (Å²) >= 11 is 5.86. The molecule has 0 amide bonds. The average molecular weight is 271 g/mol. The third-order valence-corrected chi connectivity index (χ3v) is 3.03. The normalized spacial score (nSPS) is 10.6. The number of hydrogen-bond acceptors (Lipinski definition) is 3. The van der Waals surface area contributed by atoms with Gasteiger partial charge in [0.2, 0.25) is 5.89 Å². The standard InChI is InChI=1S/C15H11ClN2O/c16-12-8-6-11(7-9-12)15-18-14(17)13(19-15)10-4-2-1-3-5-10/h1-9H,17H2. The number of nitrogen functional groups attached to an aromatic ring is 1. The van der Waals surface area contributed by atoms with Crippen molar-refractivity contribution < 1.29 is 4.42 Å². The van der Waals surface area contributed by atoms with Gasteiger partial charge in [0.1, 0.15) is 0 Å². The highest BCUT2D eigenvalue weighted by Gasteiger charge is 2.13. The zero-order valence-corrected chi connectivity index (χ0v) is 10.8. The number of benzene rings is 2. The predicted molar refractivity (Wildman–Crippen MR) is 76.8 cm³/mol. The van der Waals surface area contributed by atoms with Crippen molar-refractivity contribution in [3.05, 3.63) is 59.6 Å². The maximum Gasteiger partial charge on any atom is 0.228 e. The van der Waals surface area contributed by atoms with E-state index in [2.05, 4.69) is 4.98 Å². The van der Waals surface area contributed by atoms with E-state index in [1.165, 1.54) is 0 Å². The van der Waals surface area contributed by atoms with Crippen LogP contribution in [0.4, 0.5) is 5.82 Å². The van der Waals surface area contributed by atoms with Crippen molar-refractivity contribution >= 4 is 17.4 Å². The Morgan fingerprint density at radius 2 is 1.58 bits per heavy atom. The van der Waals surface area contributed by atoms with Gasteiger partial charge in [-0.05, 0) is 24.3 Å². The molecular weight excluding hydrogens is 260 g/mol. The highest BCUT2D eigenvalue weighted by molar-refractivity contribution is 6.30. The molecule has 94 valence electrons. The Balaban J connectivity index is 2.04. The van der Waals surface area contributed by atoms with E-state index in [1.807, 2.05) is 42.5 Å². The summed E-state index contributed by atoms with van der Waals surface area (Å²) in [6, 6.07) is 16.9. The van der Waals surface area contributed by atoms with Crippen molar-refractivity contribution in [1.29, 1.82) is 0 Å². The Kier molecular flexibility index (Phi) is 2.97. The summed E-state index contributed by atoms with van der Waals surface area (Å²) < 4.78 is 5.75. The van der Waals surface area contributed by atoms with Gasteiger partial charge in [0.25, 0.3) is 0 Å². The number of aromatic nitrogens is 1. The number of anilines is 1. The lowest BCUT2D eigenvalue weighted by Crippen LogP contribution is -1.87. The second-order valence-corrected chi connectivity index (χ2v) is 4.54. The monoisotopic (exact) mass is 270 g/mol. The molecule has 1 heterocycles. The van der Waals surface area contributed by atoms with Gasteiger partial charge >= 0.3 is 0 Å². The first kappa shape index (κ1) is 11.8. The van der Waals surface area contributed by atoms with Gasteiger partial charge < -0.3 is 10.2 Å². The van der Waals surface area contributed by atoms with Gasteiger partial charge in [0.15, 0.2) is 11.6 Å². The number of halogens is 1. The number of nitrogens with two attached hydrogens (primary N) is 1. The molecule has 0 fully saturated rings. The van der Waals surface area contributed by atoms with E-state index in [0.29, 0.717) is 22.5 Å². The quantitative estimate of drug-likeness (QED) is 0.757. The van der Waals surface area contributed by atoms with Crippen molar-refractivity contribution in [2.75, 3.05) is 5.73 Å². The molecule has 19 heavy (non-hydrogen) atoms. The molecule has 3 rings (SSSR count). The van der Waals surface area contributed by atoms with Crippen LogP contribution in [-0.2, 0) is 0 Å². The molecule has 0 aliphatic rings. The summed E-state index contributed by atoms with van der Waals surface area (Å²) in [4.78, 5) is 4.25. The third-order valence-electron chi connectivity index (χ3n) is 2.78. The van der Waals surface area contributed by atoms with E-state index < -0.39 is 0 Å². The van der Waals surface area contributed by atoms with Crippen LogP contribution in [0, 0.1) is 0 Å². The first-order valence-electron chi connectivity index (χ1n) is 5.82. The van der Waals surface area contributed by atoms with Gasteiger partial charge in [0.05, 0.1) is 0 Å². The topological polar surface area (TPSA) is 52.0 Å². The van der Waals surface area contributed by atoms with E-state index in [1.54, 1.807) is 12.1 Å². The minimum Gasteiger partial charge on any atom is -0.434 e. The molecule has 4 heteroatoms. The molecule has 0 spiro atoms. The summed E-state index contributed by atoms with van der Waals surface area (Å²) in [5.74, 6) is 1.47. The lowest BCUT2D eigenvalue weighted by atomic mass is 10.2. The molecule has 0 aliphatic carbocycles. The number of nitrogens with zero attached hydrogens (tertiary/aromatic N) is 1. The Morgan fingerprint density at radius 3 is 2.26 bits per heavy atom. The molecular formula is C15H11ClN2O. The minimum atomic E-state index is 0.385. The highest BCUT2D eigenvalue weighted by Crippen LogP contribution is 2.31. The van der Waals surface area contributed by atoms with Crippen LogP contribution in [0.2, 0.25) is 5.02 Å². The molecule has 0 bridgehead atoms. The molecule has 0 atom stereocenters. The zero-order chi connectivity index (χ0) is 13.2. The van der Waals surface area contributed by atoms with E-state index in [9.17, 15) is 0 Å². The van der Waals surface area contributed by atoms with Crippen LogP contribution in [0.3, 0.4) is 0 Å². The Bertz CT molecular complexity index is 690. The smallest absolute Gasteiger partial charge is 0.228 e. The van der Waals surface area contributed by atoms with Crippen molar-refractivity contribution in [2.24, 2.45) is 0 Å². The largest absolute Gasteiger partial charge is 0.434 e. The predicted octanol–water partition coefficient (Wildman–Crippen LogP) is 4.24. The molecule has 0 unspecified atom stereocenters. The second-order valence-electron chi connectivity index (χ2n) is 4.11. The lowest BCUT2D eigenvalue weighted by molar-refractivity contribution is 0.589. The van der Waals surface area contributed by atoms with Crippen molar-refractivity contribution in [1.82, 2.24) is 4.98 Å². The fourth-order valence-corrected chi connectivity index (χ4v) is 1.97. The second kappa shape index (κ2) is 4.78. The van der Waals surface area contributed by atoms with Gasteiger partial charge in [-0.25, -0.2) is 0 Å². The van der Waals surface area contributed by atoms with Crippen LogP contribution in [0.15, 0.2) is 59.0 Å². The Morgan fingerprint density at radius 1 is 0.895 bits per heavy atom. The van der Waals surface area contributed by atoms with E-state index in [0.717, 1.165) is 11.1 Å². The molecule has 3 nitrogen and oxygen atoms in total. The van der Waals surface area contributed by atoms with Gasteiger partial charge in [-0.15, -0.1) is 0 Å². The third kappa shape index (κ3) is 2.33. The average Bonchev–Trinajstić information content (AvgIpc) is 2.83. The number of rotatable bonds is 2. The van der Waals surface area contributed by atoms with Crippen molar-refractivity contribution in [3.63, 3.8) is 0 Å². The molecule has 3 aromatic rings. The SMILES string of the molecule is Nc1nc(-c2ccc(Cl)cc2)oc1-c1ccccc1.